The summed E-state index contributed by atoms with van der Waals surface area (Å²) in [5.74, 6) is 0. The second-order valence-corrected chi connectivity index (χ2v) is 4.52. The number of aromatic nitrogens is 1. The zero-order valence-corrected chi connectivity index (χ0v) is 11.4. The molecule has 1 aromatic carbocycles. The first-order valence-electron chi connectivity index (χ1n) is 6.82. The normalized spacial score (nSPS) is 11.3. The third-order valence-corrected chi connectivity index (χ3v) is 3.13. The summed E-state index contributed by atoms with van der Waals surface area (Å²) in [5, 5.41) is 13.3. The standard InChI is InChI=1S/C15H22N2O2/c1-2-16-12-13-3-4-15-14(11-13)5-6-17(15)7-9-19-10-8-18/h3-6,11,16,18H,2,7-10,12H2,1H3. The molecule has 4 heteroatoms. The van der Waals surface area contributed by atoms with E-state index in [4.69, 9.17) is 9.84 Å². The Morgan fingerprint density at radius 2 is 2.16 bits per heavy atom. The average molecular weight is 262 g/mol. The molecule has 0 aliphatic carbocycles. The van der Waals surface area contributed by atoms with Gasteiger partial charge >= 0.3 is 0 Å². The Kier molecular flexibility index (Phi) is 5.39. The van der Waals surface area contributed by atoms with E-state index in [1.54, 1.807) is 0 Å². The number of ether oxygens (including phenoxy) is 1. The Bertz CT molecular complexity index is 508. The van der Waals surface area contributed by atoms with Crippen LogP contribution in [0.2, 0.25) is 0 Å². The van der Waals surface area contributed by atoms with Crippen LogP contribution in [0.5, 0.6) is 0 Å². The van der Waals surface area contributed by atoms with Crippen LogP contribution < -0.4 is 5.32 Å². The number of aliphatic hydroxyl groups excluding tert-OH is 1. The van der Waals surface area contributed by atoms with E-state index in [1.165, 1.54) is 16.5 Å². The molecule has 0 radical (unpaired) electrons. The molecule has 0 fully saturated rings. The smallest absolute Gasteiger partial charge is 0.0698 e. The highest BCUT2D eigenvalue weighted by molar-refractivity contribution is 5.80. The predicted octanol–water partition coefficient (Wildman–Crippen LogP) is 1.76. The lowest BCUT2D eigenvalue weighted by Crippen LogP contribution is -2.11. The first-order chi connectivity index (χ1) is 9.35. The van der Waals surface area contributed by atoms with Crippen LogP contribution in [0.4, 0.5) is 0 Å². The van der Waals surface area contributed by atoms with Gasteiger partial charge in [-0.3, -0.25) is 0 Å². The number of fused-ring (bicyclic) bond motifs is 1. The van der Waals surface area contributed by atoms with Crippen molar-refractivity contribution in [1.29, 1.82) is 0 Å². The van der Waals surface area contributed by atoms with Crippen LogP contribution >= 0.6 is 0 Å². The fraction of sp³-hybridized carbons (Fsp3) is 0.467. The topological polar surface area (TPSA) is 46.4 Å². The van der Waals surface area contributed by atoms with Gasteiger partial charge in [-0.15, -0.1) is 0 Å². The lowest BCUT2D eigenvalue weighted by molar-refractivity contribution is 0.0875. The molecule has 104 valence electrons. The van der Waals surface area contributed by atoms with E-state index in [-0.39, 0.29) is 6.61 Å². The largest absolute Gasteiger partial charge is 0.394 e. The molecule has 0 saturated heterocycles. The first-order valence-corrected chi connectivity index (χ1v) is 6.82. The van der Waals surface area contributed by atoms with E-state index in [1.807, 2.05) is 0 Å². The summed E-state index contributed by atoms with van der Waals surface area (Å²) in [7, 11) is 0. The van der Waals surface area contributed by atoms with Crippen LogP contribution in [0, 0.1) is 0 Å². The summed E-state index contributed by atoms with van der Waals surface area (Å²) in [4.78, 5) is 0. The number of hydrogen-bond acceptors (Lipinski definition) is 3. The predicted molar refractivity (Wildman–Crippen MR) is 77.2 cm³/mol. The summed E-state index contributed by atoms with van der Waals surface area (Å²) in [6, 6.07) is 8.68. The highest BCUT2D eigenvalue weighted by Gasteiger charge is 2.02. The van der Waals surface area contributed by atoms with Crippen LogP contribution in [0.3, 0.4) is 0 Å². The van der Waals surface area contributed by atoms with E-state index >= 15 is 0 Å². The molecule has 2 rings (SSSR count). The number of hydrogen-bond donors (Lipinski definition) is 2. The molecule has 19 heavy (non-hydrogen) atoms. The molecule has 0 saturated carbocycles. The molecular weight excluding hydrogens is 240 g/mol. The maximum atomic E-state index is 8.66. The van der Waals surface area contributed by atoms with Crippen LogP contribution in [0.15, 0.2) is 30.5 Å². The summed E-state index contributed by atoms with van der Waals surface area (Å²) in [5.41, 5.74) is 2.54. The van der Waals surface area contributed by atoms with Crippen LogP contribution in [-0.2, 0) is 17.8 Å². The van der Waals surface area contributed by atoms with Crippen molar-refractivity contribution >= 4 is 10.9 Å². The molecule has 1 heterocycles. The quantitative estimate of drug-likeness (QED) is 0.713. The number of nitrogens with zero attached hydrogens (tertiary/aromatic N) is 1. The number of aliphatic hydroxyl groups is 1. The van der Waals surface area contributed by atoms with Gasteiger partial charge in [-0.05, 0) is 35.7 Å². The average Bonchev–Trinajstić information content (AvgIpc) is 2.84. The lowest BCUT2D eigenvalue weighted by atomic mass is 10.1. The zero-order valence-electron chi connectivity index (χ0n) is 11.4. The molecule has 0 amide bonds. The number of rotatable bonds is 8. The third-order valence-electron chi connectivity index (χ3n) is 3.13. The molecule has 2 aromatic rings. The fourth-order valence-corrected chi connectivity index (χ4v) is 2.15. The molecular formula is C15H22N2O2. The van der Waals surface area contributed by atoms with Crippen molar-refractivity contribution < 1.29 is 9.84 Å². The Morgan fingerprint density at radius 3 is 2.95 bits per heavy atom. The summed E-state index contributed by atoms with van der Waals surface area (Å²) in [6.45, 7) is 5.95. The van der Waals surface area contributed by atoms with Crippen LogP contribution in [0.1, 0.15) is 12.5 Å². The minimum atomic E-state index is 0.0835. The van der Waals surface area contributed by atoms with E-state index in [0.717, 1.165) is 19.6 Å². The zero-order chi connectivity index (χ0) is 13.5. The number of benzene rings is 1. The Hall–Kier alpha value is -1.36. The highest BCUT2D eigenvalue weighted by Crippen LogP contribution is 2.17. The number of nitrogens with one attached hydrogen (secondary N) is 1. The molecule has 0 atom stereocenters. The minimum absolute atomic E-state index is 0.0835. The van der Waals surface area contributed by atoms with E-state index in [2.05, 4.69) is 47.3 Å². The molecule has 0 aliphatic heterocycles. The van der Waals surface area contributed by atoms with Crippen LogP contribution in [0.25, 0.3) is 10.9 Å². The summed E-state index contributed by atoms with van der Waals surface area (Å²) >= 11 is 0. The summed E-state index contributed by atoms with van der Waals surface area (Å²) in [6.07, 6.45) is 2.09. The highest BCUT2D eigenvalue weighted by atomic mass is 16.5. The van der Waals surface area contributed by atoms with E-state index in [9.17, 15) is 0 Å². The Morgan fingerprint density at radius 1 is 1.26 bits per heavy atom. The monoisotopic (exact) mass is 262 g/mol. The van der Waals surface area contributed by atoms with Crippen molar-refractivity contribution in [2.75, 3.05) is 26.4 Å². The molecule has 2 N–H and O–H groups in total. The van der Waals surface area contributed by atoms with Crippen molar-refractivity contribution in [2.45, 2.75) is 20.0 Å². The molecule has 0 bridgehead atoms. The van der Waals surface area contributed by atoms with Crippen molar-refractivity contribution in [3.8, 4) is 0 Å². The van der Waals surface area contributed by atoms with Gasteiger partial charge in [-0.25, -0.2) is 0 Å². The Labute approximate surface area is 114 Å². The third kappa shape index (κ3) is 3.80. The van der Waals surface area contributed by atoms with Crippen molar-refractivity contribution in [3.05, 3.63) is 36.0 Å². The van der Waals surface area contributed by atoms with Crippen molar-refractivity contribution in [1.82, 2.24) is 9.88 Å². The van der Waals surface area contributed by atoms with Gasteiger partial charge in [0, 0.05) is 24.8 Å². The van der Waals surface area contributed by atoms with Gasteiger partial charge < -0.3 is 19.7 Å². The van der Waals surface area contributed by atoms with Gasteiger partial charge in [0.2, 0.25) is 0 Å². The molecule has 1 aromatic heterocycles. The van der Waals surface area contributed by atoms with Gasteiger partial charge in [0.1, 0.15) is 0 Å². The molecule has 0 unspecified atom stereocenters. The Balaban J connectivity index is 2.02. The van der Waals surface area contributed by atoms with E-state index < -0.39 is 0 Å². The van der Waals surface area contributed by atoms with Gasteiger partial charge in [-0.1, -0.05) is 13.0 Å². The second-order valence-electron chi connectivity index (χ2n) is 4.52. The summed E-state index contributed by atoms with van der Waals surface area (Å²) < 4.78 is 7.49. The second kappa shape index (κ2) is 7.28. The minimum Gasteiger partial charge on any atom is -0.394 e. The fourth-order valence-electron chi connectivity index (χ4n) is 2.15. The van der Waals surface area contributed by atoms with Gasteiger partial charge in [0.05, 0.1) is 19.8 Å². The van der Waals surface area contributed by atoms with Crippen molar-refractivity contribution in [3.63, 3.8) is 0 Å². The first kappa shape index (κ1) is 14.1. The van der Waals surface area contributed by atoms with E-state index in [0.29, 0.717) is 13.2 Å². The maximum Gasteiger partial charge on any atom is 0.0698 e. The van der Waals surface area contributed by atoms with Gasteiger partial charge in [-0.2, -0.15) is 0 Å². The molecule has 4 nitrogen and oxygen atoms in total. The molecule has 0 aliphatic rings. The van der Waals surface area contributed by atoms with Crippen molar-refractivity contribution in [2.24, 2.45) is 0 Å². The molecule has 0 spiro atoms. The SMILES string of the molecule is CCNCc1ccc2c(ccn2CCOCCO)c1. The lowest BCUT2D eigenvalue weighted by Gasteiger charge is -2.07. The van der Waals surface area contributed by atoms with Crippen LogP contribution in [-0.4, -0.2) is 36.0 Å². The van der Waals surface area contributed by atoms with Gasteiger partial charge in [0.15, 0.2) is 0 Å². The maximum absolute atomic E-state index is 8.66. The van der Waals surface area contributed by atoms with Gasteiger partial charge in [0.25, 0.3) is 0 Å².